The van der Waals surface area contributed by atoms with Crippen LogP contribution >= 0.6 is 12.6 Å². The Morgan fingerprint density at radius 1 is 1.20 bits per heavy atom. The summed E-state index contributed by atoms with van der Waals surface area (Å²) in [6.45, 7) is 0. The number of benzene rings is 2. The molecule has 7 heteroatoms. The topological polar surface area (TPSA) is 65.4 Å². The Bertz CT molecular complexity index is 873. The van der Waals surface area contributed by atoms with Crippen LogP contribution in [0.25, 0.3) is 0 Å². The van der Waals surface area contributed by atoms with Gasteiger partial charge in [0.05, 0.1) is 12.1 Å². The number of halogens is 1. The van der Waals surface area contributed by atoms with E-state index in [9.17, 15) is 14.4 Å². The van der Waals surface area contributed by atoms with Crippen molar-refractivity contribution in [1.82, 2.24) is 5.32 Å². The molecule has 1 amide bonds. The molecule has 1 heterocycles. The van der Waals surface area contributed by atoms with Gasteiger partial charge in [-0.25, -0.2) is 4.39 Å². The van der Waals surface area contributed by atoms with Crippen molar-refractivity contribution >= 4 is 24.2 Å². The maximum atomic E-state index is 13.3. The minimum atomic E-state index is -0.589. The monoisotopic (exact) mass is 355 g/mol. The molecule has 1 atom stereocenters. The van der Waals surface area contributed by atoms with Crippen molar-refractivity contribution < 1.29 is 13.9 Å². The van der Waals surface area contributed by atoms with Gasteiger partial charge >= 0.3 is 0 Å². The van der Waals surface area contributed by atoms with E-state index in [1.807, 2.05) is 6.07 Å². The fourth-order valence-electron chi connectivity index (χ4n) is 2.60. The van der Waals surface area contributed by atoms with Crippen LogP contribution in [0.5, 0.6) is 5.75 Å². The smallest absolute Gasteiger partial charge is 0.266 e. The first kappa shape index (κ1) is 16.9. The summed E-state index contributed by atoms with van der Waals surface area (Å²) in [5.41, 5.74) is 1.26. The van der Waals surface area contributed by atoms with Crippen molar-refractivity contribution in [3.8, 4) is 11.8 Å². The van der Waals surface area contributed by atoms with Crippen molar-refractivity contribution in [2.45, 2.75) is 6.17 Å². The molecule has 3 rings (SSSR count). The van der Waals surface area contributed by atoms with Crippen molar-refractivity contribution in [2.75, 3.05) is 12.0 Å². The summed E-state index contributed by atoms with van der Waals surface area (Å²) in [6, 6.07) is 14.8. The van der Waals surface area contributed by atoms with Crippen molar-refractivity contribution in [3.05, 3.63) is 70.5 Å². The predicted molar refractivity (Wildman–Crippen MR) is 94.4 cm³/mol. The number of nitrogens with zero attached hydrogens (tertiary/aromatic N) is 2. The first-order valence-electron chi connectivity index (χ1n) is 7.38. The molecule has 0 radical (unpaired) electrons. The molecule has 0 saturated heterocycles. The predicted octanol–water partition coefficient (Wildman–Crippen LogP) is 3.13. The van der Waals surface area contributed by atoms with Gasteiger partial charge < -0.3 is 15.0 Å². The Labute approximate surface area is 149 Å². The van der Waals surface area contributed by atoms with E-state index in [0.29, 0.717) is 11.4 Å². The lowest BCUT2D eigenvalue weighted by atomic mass is 10.1. The van der Waals surface area contributed by atoms with Crippen LogP contribution in [0.15, 0.2) is 59.1 Å². The lowest BCUT2D eigenvalue weighted by Crippen LogP contribution is -2.46. The van der Waals surface area contributed by atoms with E-state index < -0.39 is 12.1 Å². The normalized spacial score (nSPS) is 17.1. The van der Waals surface area contributed by atoms with E-state index in [4.69, 9.17) is 4.74 Å². The van der Waals surface area contributed by atoms with E-state index in [1.54, 1.807) is 48.4 Å². The zero-order valence-corrected chi connectivity index (χ0v) is 14.1. The molecule has 0 fully saturated rings. The molecule has 1 unspecified atom stereocenters. The van der Waals surface area contributed by atoms with Gasteiger partial charge in [-0.1, -0.05) is 12.1 Å². The molecular formula is C18H14FN3O2S. The van der Waals surface area contributed by atoms with Gasteiger partial charge in [0.2, 0.25) is 0 Å². The van der Waals surface area contributed by atoms with Gasteiger partial charge in [-0.3, -0.25) is 4.79 Å². The van der Waals surface area contributed by atoms with Gasteiger partial charge in [0.1, 0.15) is 29.4 Å². The number of ether oxygens (including phenoxy) is 1. The second-order valence-corrected chi connectivity index (χ2v) is 5.73. The lowest BCUT2D eigenvalue weighted by molar-refractivity contribution is -0.118. The third-order valence-corrected chi connectivity index (χ3v) is 4.29. The Kier molecular flexibility index (Phi) is 4.63. The molecule has 126 valence electrons. The highest BCUT2D eigenvalue weighted by molar-refractivity contribution is 7.84. The molecule has 1 aliphatic rings. The summed E-state index contributed by atoms with van der Waals surface area (Å²) < 4.78 is 18.4. The zero-order valence-electron chi connectivity index (χ0n) is 13.2. The highest BCUT2D eigenvalue weighted by Crippen LogP contribution is 2.36. The second-order valence-electron chi connectivity index (χ2n) is 5.31. The number of rotatable bonds is 3. The van der Waals surface area contributed by atoms with Crippen molar-refractivity contribution in [2.24, 2.45) is 0 Å². The number of carbonyl (C=O) groups is 1. The zero-order chi connectivity index (χ0) is 18.0. The Hall–Kier alpha value is -2.98. The summed E-state index contributed by atoms with van der Waals surface area (Å²) in [5.74, 6) is -0.207. The SMILES string of the molecule is COc1ccc(C2NC(=O)C(C#N)=C(S)N2c2ccc(F)cc2)cc1. The Morgan fingerprint density at radius 2 is 1.84 bits per heavy atom. The summed E-state index contributed by atoms with van der Waals surface area (Å²) in [4.78, 5) is 13.9. The number of thiol groups is 1. The highest BCUT2D eigenvalue weighted by atomic mass is 32.1. The van der Waals surface area contributed by atoms with Gasteiger partial charge in [-0.15, -0.1) is 12.6 Å². The minimum Gasteiger partial charge on any atom is -0.497 e. The molecule has 0 bridgehead atoms. The van der Waals surface area contributed by atoms with Crippen molar-refractivity contribution in [3.63, 3.8) is 0 Å². The molecule has 0 aromatic heterocycles. The summed E-state index contributed by atoms with van der Waals surface area (Å²) >= 11 is 4.38. The molecule has 1 N–H and O–H groups in total. The first-order chi connectivity index (χ1) is 12.0. The van der Waals surface area contributed by atoms with E-state index in [2.05, 4.69) is 17.9 Å². The van der Waals surface area contributed by atoms with E-state index in [0.717, 1.165) is 5.56 Å². The van der Waals surface area contributed by atoms with Gasteiger partial charge in [-0.05, 0) is 42.0 Å². The second kappa shape index (κ2) is 6.87. The highest BCUT2D eigenvalue weighted by Gasteiger charge is 2.33. The van der Waals surface area contributed by atoms with Crippen LogP contribution < -0.4 is 15.0 Å². The minimum absolute atomic E-state index is 0.0996. The quantitative estimate of drug-likeness (QED) is 0.831. The molecule has 2 aromatic rings. The molecule has 0 spiro atoms. The maximum Gasteiger partial charge on any atom is 0.266 e. The third-order valence-electron chi connectivity index (χ3n) is 3.85. The largest absolute Gasteiger partial charge is 0.497 e. The molecule has 2 aromatic carbocycles. The van der Waals surface area contributed by atoms with Crippen molar-refractivity contribution in [1.29, 1.82) is 5.26 Å². The summed E-state index contributed by atoms with van der Waals surface area (Å²) in [7, 11) is 1.57. The molecule has 5 nitrogen and oxygen atoms in total. The molecule has 25 heavy (non-hydrogen) atoms. The van der Waals surface area contributed by atoms with Gasteiger partial charge in [0.25, 0.3) is 5.91 Å². The Balaban J connectivity index is 2.11. The number of nitrogens with one attached hydrogen (secondary N) is 1. The number of carbonyl (C=O) groups excluding carboxylic acids is 1. The molecule has 1 aliphatic heterocycles. The van der Waals surface area contributed by atoms with Crippen LogP contribution in [-0.2, 0) is 4.79 Å². The standard InChI is InChI=1S/C18H14FN3O2S/c1-24-14-8-2-11(3-9-14)16-21-17(23)15(10-20)18(25)22(16)13-6-4-12(19)5-7-13/h2-9,16,25H,1H3,(H,21,23). The molecule has 0 saturated carbocycles. The van der Waals surface area contributed by atoms with Crippen LogP contribution in [0.3, 0.4) is 0 Å². The molecule has 0 aliphatic carbocycles. The number of methoxy groups -OCH3 is 1. The first-order valence-corrected chi connectivity index (χ1v) is 7.83. The van der Waals surface area contributed by atoms with Gasteiger partial charge in [0.15, 0.2) is 0 Å². The van der Waals surface area contributed by atoms with Gasteiger partial charge in [-0.2, -0.15) is 5.26 Å². The average Bonchev–Trinajstić information content (AvgIpc) is 2.63. The van der Waals surface area contributed by atoms with E-state index in [-0.39, 0.29) is 16.4 Å². The van der Waals surface area contributed by atoms with Crippen LogP contribution in [0.2, 0.25) is 0 Å². The van der Waals surface area contributed by atoms with Gasteiger partial charge in [0, 0.05) is 5.69 Å². The van der Waals surface area contributed by atoms with E-state index in [1.165, 1.54) is 12.1 Å². The average molecular weight is 355 g/mol. The number of amides is 1. The van der Waals surface area contributed by atoms with Crippen LogP contribution in [0.1, 0.15) is 11.7 Å². The van der Waals surface area contributed by atoms with E-state index >= 15 is 0 Å². The van der Waals surface area contributed by atoms with Crippen LogP contribution in [-0.4, -0.2) is 13.0 Å². The lowest BCUT2D eigenvalue weighted by Gasteiger charge is -2.38. The number of hydrogen-bond donors (Lipinski definition) is 2. The van der Waals surface area contributed by atoms with Crippen LogP contribution in [0.4, 0.5) is 10.1 Å². The van der Waals surface area contributed by atoms with Crippen LogP contribution in [0, 0.1) is 17.1 Å². The number of anilines is 1. The summed E-state index contributed by atoms with van der Waals surface area (Å²) in [5, 5.41) is 12.2. The number of hydrogen-bond acceptors (Lipinski definition) is 5. The molecular weight excluding hydrogens is 341 g/mol. The third kappa shape index (κ3) is 3.16. The summed E-state index contributed by atoms with van der Waals surface area (Å²) in [6.07, 6.45) is -0.589. The fraction of sp³-hybridized carbons (Fsp3) is 0.111. The number of nitriles is 1. The maximum absolute atomic E-state index is 13.3. The fourth-order valence-corrected chi connectivity index (χ4v) is 2.98. The Morgan fingerprint density at radius 3 is 2.40 bits per heavy atom.